The highest BCUT2D eigenvalue weighted by Gasteiger charge is 2.19. The van der Waals surface area contributed by atoms with Crippen LogP contribution in [0.2, 0.25) is 0 Å². The Balaban J connectivity index is 2.78. The number of thiazole rings is 1. The lowest BCUT2D eigenvalue weighted by atomic mass is 9.93. The van der Waals surface area contributed by atoms with E-state index in [1.54, 1.807) is 11.3 Å². The van der Waals surface area contributed by atoms with Crippen molar-refractivity contribution in [1.29, 1.82) is 0 Å². The normalized spacial score (nSPS) is 14.4. The average Bonchev–Trinajstić information content (AvgIpc) is 2.51. The van der Waals surface area contributed by atoms with Crippen molar-refractivity contribution >= 4 is 11.3 Å². The maximum absolute atomic E-state index is 5.50. The number of nitrogens with zero attached hydrogens (tertiary/aromatic N) is 1. The zero-order chi connectivity index (χ0) is 10.8. The molecule has 1 rings (SSSR count). The van der Waals surface area contributed by atoms with Crippen LogP contribution in [0.1, 0.15) is 51.4 Å². The summed E-state index contributed by atoms with van der Waals surface area (Å²) in [6.45, 7) is 11.3. The van der Waals surface area contributed by atoms with Crippen molar-refractivity contribution in [1.82, 2.24) is 4.98 Å². The van der Waals surface area contributed by atoms with Crippen LogP contribution in [0.25, 0.3) is 0 Å². The van der Waals surface area contributed by atoms with Gasteiger partial charge in [0, 0.05) is 17.4 Å². The molecule has 0 amide bonds. The average molecular weight is 213 g/mol. The summed E-state index contributed by atoms with van der Waals surface area (Å²) in [6, 6.07) is 0. The molecule has 0 saturated carbocycles. The highest BCUT2D eigenvalue weighted by molar-refractivity contribution is 7.09. The zero-order valence-electron chi connectivity index (χ0n) is 9.63. The molecule has 0 aliphatic rings. The molecule has 1 heterocycles. The van der Waals surface area contributed by atoms with Crippen LogP contribution in [0.4, 0.5) is 0 Å². The summed E-state index contributed by atoms with van der Waals surface area (Å²) in [5, 5.41) is 3.21. The fourth-order valence-corrected chi connectivity index (χ4v) is 2.19. The second-order valence-corrected chi connectivity index (χ2v) is 5.31. The van der Waals surface area contributed by atoms with Crippen molar-refractivity contribution in [3.63, 3.8) is 0 Å². The summed E-state index contributed by atoms with van der Waals surface area (Å²) < 4.78 is 5.50. The van der Waals surface area contributed by atoms with Gasteiger partial charge in [0.15, 0.2) is 0 Å². The minimum absolute atomic E-state index is 0.126. The van der Waals surface area contributed by atoms with Crippen LogP contribution in [0, 0.1) is 0 Å². The Morgan fingerprint density at radius 1 is 1.50 bits per heavy atom. The van der Waals surface area contributed by atoms with E-state index in [1.807, 2.05) is 6.92 Å². The number of rotatable bonds is 3. The van der Waals surface area contributed by atoms with Crippen molar-refractivity contribution < 1.29 is 4.74 Å². The number of aromatic nitrogens is 1. The zero-order valence-corrected chi connectivity index (χ0v) is 10.4. The molecular formula is C11H19NOS. The van der Waals surface area contributed by atoms with Crippen LogP contribution >= 0.6 is 11.3 Å². The van der Waals surface area contributed by atoms with Gasteiger partial charge in [0.05, 0.1) is 5.69 Å². The van der Waals surface area contributed by atoms with Gasteiger partial charge in [0.2, 0.25) is 0 Å². The van der Waals surface area contributed by atoms with Gasteiger partial charge < -0.3 is 4.74 Å². The highest BCUT2D eigenvalue weighted by Crippen LogP contribution is 2.27. The molecule has 0 N–H and O–H groups in total. The van der Waals surface area contributed by atoms with Gasteiger partial charge in [0.1, 0.15) is 11.1 Å². The lowest BCUT2D eigenvalue weighted by Crippen LogP contribution is -2.12. The van der Waals surface area contributed by atoms with Gasteiger partial charge in [-0.15, -0.1) is 11.3 Å². The van der Waals surface area contributed by atoms with E-state index in [9.17, 15) is 0 Å². The minimum Gasteiger partial charge on any atom is -0.372 e. The third-order valence-corrected chi connectivity index (χ3v) is 3.06. The molecule has 1 aromatic heterocycles. The molecule has 0 aliphatic carbocycles. The van der Waals surface area contributed by atoms with E-state index >= 15 is 0 Å². The molecule has 1 aromatic rings. The maximum Gasteiger partial charge on any atom is 0.122 e. The first-order valence-corrected chi connectivity index (χ1v) is 5.90. The first-order chi connectivity index (χ1) is 6.45. The monoisotopic (exact) mass is 213 g/mol. The quantitative estimate of drug-likeness (QED) is 0.766. The van der Waals surface area contributed by atoms with Gasteiger partial charge in [-0.05, 0) is 13.8 Å². The van der Waals surface area contributed by atoms with Gasteiger partial charge in [-0.1, -0.05) is 20.8 Å². The molecule has 14 heavy (non-hydrogen) atoms. The summed E-state index contributed by atoms with van der Waals surface area (Å²) in [6.07, 6.45) is 0.126. The first-order valence-electron chi connectivity index (χ1n) is 5.02. The molecule has 0 aliphatic heterocycles. The van der Waals surface area contributed by atoms with E-state index in [4.69, 9.17) is 4.74 Å². The van der Waals surface area contributed by atoms with Crippen molar-refractivity contribution in [2.24, 2.45) is 0 Å². The van der Waals surface area contributed by atoms with Crippen LogP contribution in [-0.2, 0) is 10.2 Å². The smallest absolute Gasteiger partial charge is 0.122 e. The van der Waals surface area contributed by atoms with E-state index < -0.39 is 0 Å². The van der Waals surface area contributed by atoms with E-state index in [0.717, 1.165) is 17.3 Å². The Morgan fingerprint density at radius 2 is 2.14 bits per heavy atom. The van der Waals surface area contributed by atoms with Crippen molar-refractivity contribution in [3.8, 4) is 0 Å². The van der Waals surface area contributed by atoms with Crippen molar-refractivity contribution in [2.75, 3.05) is 6.61 Å². The molecule has 1 unspecified atom stereocenters. The summed E-state index contributed by atoms with van der Waals surface area (Å²) in [5.41, 5.74) is 1.30. The molecule has 1 atom stereocenters. The molecule has 0 bridgehead atoms. The fourth-order valence-electron chi connectivity index (χ4n) is 1.14. The van der Waals surface area contributed by atoms with E-state index in [-0.39, 0.29) is 11.5 Å². The Labute approximate surface area is 90.3 Å². The Morgan fingerprint density at radius 3 is 2.57 bits per heavy atom. The third kappa shape index (κ3) is 2.79. The number of hydrogen-bond donors (Lipinski definition) is 0. The van der Waals surface area contributed by atoms with Gasteiger partial charge in [-0.25, -0.2) is 4.98 Å². The van der Waals surface area contributed by atoms with Gasteiger partial charge in [-0.2, -0.15) is 0 Å². The van der Waals surface area contributed by atoms with Gasteiger partial charge in [0.25, 0.3) is 0 Å². The minimum atomic E-state index is 0.126. The lowest BCUT2D eigenvalue weighted by molar-refractivity contribution is 0.0760. The summed E-state index contributed by atoms with van der Waals surface area (Å²) in [7, 11) is 0. The van der Waals surface area contributed by atoms with E-state index in [0.29, 0.717) is 0 Å². The van der Waals surface area contributed by atoms with E-state index in [2.05, 4.69) is 38.1 Å². The molecule has 2 nitrogen and oxygen atoms in total. The molecular weight excluding hydrogens is 194 g/mol. The highest BCUT2D eigenvalue weighted by atomic mass is 32.1. The molecule has 0 saturated heterocycles. The lowest BCUT2D eigenvalue weighted by Gasteiger charge is -2.14. The predicted molar refractivity (Wildman–Crippen MR) is 60.9 cm³/mol. The Hall–Kier alpha value is -0.410. The molecule has 0 fully saturated rings. The topological polar surface area (TPSA) is 22.1 Å². The summed E-state index contributed by atoms with van der Waals surface area (Å²) in [4.78, 5) is 4.59. The van der Waals surface area contributed by atoms with Crippen LogP contribution in [-0.4, -0.2) is 11.6 Å². The van der Waals surface area contributed by atoms with Crippen LogP contribution in [0.15, 0.2) is 5.38 Å². The first kappa shape index (κ1) is 11.7. The number of hydrogen-bond acceptors (Lipinski definition) is 3. The molecule has 80 valence electrons. The predicted octanol–water partition coefficient (Wildman–Crippen LogP) is 3.54. The van der Waals surface area contributed by atoms with Gasteiger partial charge in [-0.3, -0.25) is 0 Å². The third-order valence-electron chi connectivity index (χ3n) is 2.05. The Kier molecular flexibility index (Phi) is 3.67. The summed E-state index contributed by atoms with van der Waals surface area (Å²) >= 11 is 1.69. The Bertz CT molecular complexity index is 288. The largest absolute Gasteiger partial charge is 0.372 e. The number of ether oxygens (including phenoxy) is 1. The molecule has 0 spiro atoms. The van der Waals surface area contributed by atoms with Crippen LogP contribution < -0.4 is 0 Å². The van der Waals surface area contributed by atoms with Crippen LogP contribution in [0.3, 0.4) is 0 Å². The standard InChI is InChI=1S/C11H19NOS/c1-6-13-8(2)10-12-9(7-14-10)11(3,4)5/h7-8H,6H2,1-5H3. The molecule has 3 heteroatoms. The summed E-state index contributed by atoms with van der Waals surface area (Å²) in [5.74, 6) is 0. The molecule has 0 aromatic carbocycles. The van der Waals surface area contributed by atoms with E-state index in [1.165, 1.54) is 0 Å². The second-order valence-electron chi connectivity index (χ2n) is 4.42. The molecule has 0 radical (unpaired) electrons. The SMILES string of the molecule is CCOC(C)c1nc(C(C)(C)C)cs1. The second kappa shape index (κ2) is 4.41. The van der Waals surface area contributed by atoms with Crippen molar-refractivity contribution in [2.45, 2.75) is 46.1 Å². The van der Waals surface area contributed by atoms with Crippen molar-refractivity contribution in [3.05, 3.63) is 16.1 Å². The maximum atomic E-state index is 5.50. The fraction of sp³-hybridized carbons (Fsp3) is 0.727. The van der Waals surface area contributed by atoms with Crippen LogP contribution in [0.5, 0.6) is 0 Å². The van der Waals surface area contributed by atoms with Gasteiger partial charge >= 0.3 is 0 Å².